The molecule has 0 heterocycles. The number of nitrogens with two attached hydrogens (primary N) is 1. The van der Waals surface area contributed by atoms with Crippen LogP contribution in [0.1, 0.15) is 45.1 Å². The molecule has 1 saturated carbocycles. The Labute approximate surface area is 169 Å². The quantitative estimate of drug-likeness (QED) is 0.504. The highest BCUT2D eigenvalue weighted by Gasteiger charge is 2.20. The Kier molecular flexibility index (Phi) is 9.11. The second-order valence-electron chi connectivity index (χ2n) is 7.89. The molecule has 6 nitrogen and oxygen atoms in total. The number of aliphatic imine (C=N–C) groups is 1. The van der Waals surface area contributed by atoms with Gasteiger partial charge in [0, 0.05) is 26.7 Å². The molecule has 0 spiro atoms. The average molecular weight is 389 g/mol. The fourth-order valence-corrected chi connectivity index (χ4v) is 3.65. The standard InChI is InChI=1S/C22H36N4O2/c1-4-24-22(26(3)15-19-7-5-17(2)6-8-19)25-14-13-18-9-11-20(12-10-18)28-16-21(23)27/h9-12,17,19H,4-8,13-16H2,1-3H3,(H2,23,27)(H,24,25). The first-order chi connectivity index (χ1) is 13.5. The summed E-state index contributed by atoms with van der Waals surface area (Å²) in [5.41, 5.74) is 6.28. The summed E-state index contributed by atoms with van der Waals surface area (Å²) in [5, 5.41) is 3.42. The third kappa shape index (κ3) is 7.79. The molecular formula is C22H36N4O2. The van der Waals surface area contributed by atoms with Crippen molar-refractivity contribution in [2.24, 2.45) is 22.6 Å². The molecule has 1 aliphatic carbocycles. The van der Waals surface area contributed by atoms with Gasteiger partial charge in [-0.2, -0.15) is 0 Å². The highest BCUT2D eigenvalue weighted by molar-refractivity contribution is 5.79. The fourth-order valence-electron chi connectivity index (χ4n) is 3.65. The van der Waals surface area contributed by atoms with Crippen molar-refractivity contribution in [3.63, 3.8) is 0 Å². The first kappa shape index (κ1) is 22.1. The molecule has 0 bridgehead atoms. The predicted molar refractivity (Wildman–Crippen MR) is 115 cm³/mol. The van der Waals surface area contributed by atoms with Crippen molar-refractivity contribution < 1.29 is 9.53 Å². The lowest BCUT2D eigenvalue weighted by Gasteiger charge is -2.31. The fraction of sp³-hybridized carbons (Fsp3) is 0.636. The zero-order chi connectivity index (χ0) is 20.4. The van der Waals surface area contributed by atoms with Gasteiger partial charge in [-0.25, -0.2) is 0 Å². The Morgan fingerprint density at radius 2 is 1.93 bits per heavy atom. The molecule has 28 heavy (non-hydrogen) atoms. The topological polar surface area (TPSA) is 80.0 Å². The SMILES string of the molecule is CCNC(=NCCc1ccc(OCC(N)=O)cc1)N(C)CC1CCC(C)CC1. The second kappa shape index (κ2) is 11.6. The van der Waals surface area contributed by atoms with Crippen LogP contribution in [0.25, 0.3) is 0 Å². The molecule has 1 fully saturated rings. The van der Waals surface area contributed by atoms with Crippen molar-refractivity contribution in [3.05, 3.63) is 29.8 Å². The van der Waals surface area contributed by atoms with Gasteiger partial charge in [-0.15, -0.1) is 0 Å². The van der Waals surface area contributed by atoms with E-state index in [1.54, 1.807) is 0 Å². The molecule has 156 valence electrons. The smallest absolute Gasteiger partial charge is 0.255 e. The maximum absolute atomic E-state index is 10.8. The van der Waals surface area contributed by atoms with Gasteiger partial charge in [-0.1, -0.05) is 31.9 Å². The molecule has 2 rings (SSSR count). The number of nitrogens with zero attached hydrogens (tertiary/aromatic N) is 2. The first-order valence-electron chi connectivity index (χ1n) is 10.5. The van der Waals surface area contributed by atoms with Crippen molar-refractivity contribution in [2.45, 2.75) is 46.0 Å². The normalized spacial score (nSPS) is 19.9. The Morgan fingerprint density at radius 3 is 2.54 bits per heavy atom. The first-order valence-corrected chi connectivity index (χ1v) is 10.5. The number of rotatable bonds is 9. The van der Waals surface area contributed by atoms with Crippen molar-refractivity contribution in [2.75, 3.05) is 33.3 Å². The minimum Gasteiger partial charge on any atom is -0.484 e. The van der Waals surface area contributed by atoms with Gasteiger partial charge < -0.3 is 20.7 Å². The van der Waals surface area contributed by atoms with Crippen LogP contribution in [0.5, 0.6) is 5.75 Å². The van der Waals surface area contributed by atoms with Crippen LogP contribution < -0.4 is 15.8 Å². The number of amides is 1. The molecule has 1 aliphatic rings. The highest BCUT2D eigenvalue weighted by Crippen LogP contribution is 2.28. The molecule has 1 aromatic rings. The van der Waals surface area contributed by atoms with Crippen LogP contribution in [0, 0.1) is 11.8 Å². The van der Waals surface area contributed by atoms with E-state index >= 15 is 0 Å². The summed E-state index contributed by atoms with van der Waals surface area (Å²) in [4.78, 5) is 17.9. The Bertz CT molecular complexity index is 622. The number of guanidine groups is 1. The van der Waals surface area contributed by atoms with Crippen LogP contribution in [-0.2, 0) is 11.2 Å². The second-order valence-corrected chi connectivity index (χ2v) is 7.89. The number of carbonyl (C=O) groups excluding carboxylic acids is 1. The number of carbonyl (C=O) groups is 1. The summed E-state index contributed by atoms with van der Waals surface area (Å²) < 4.78 is 5.29. The molecule has 0 atom stereocenters. The lowest BCUT2D eigenvalue weighted by molar-refractivity contribution is -0.119. The number of benzene rings is 1. The molecule has 6 heteroatoms. The summed E-state index contributed by atoms with van der Waals surface area (Å²) in [7, 11) is 2.14. The summed E-state index contributed by atoms with van der Waals surface area (Å²) in [6, 6.07) is 7.74. The lowest BCUT2D eigenvalue weighted by atomic mass is 9.83. The van der Waals surface area contributed by atoms with Crippen molar-refractivity contribution in [1.29, 1.82) is 0 Å². The van der Waals surface area contributed by atoms with Crippen LogP contribution in [0.4, 0.5) is 0 Å². The van der Waals surface area contributed by atoms with Crippen LogP contribution in [0.15, 0.2) is 29.3 Å². The van der Waals surface area contributed by atoms with E-state index in [-0.39, 0.29) is 6.61 Å². The van der Waals surface area contributed by atoms with E-state index in [0.29, 0.717) is 5.75 Å². The molecule has 1 aromatic carbocycles. The number of hydrogen-bond acceptors (Lipinski definition) is 3. The maximum Gasteiger partial charge on any atom is 0.255 e. The van der Waals surface area contributed by atoms with Crippen LogP contribution in [-0.4, -0.2) is 50.1 Å². The monoisotopic (exact) mass is 388 g/mol. The van der Waals surface area contributed by atoms with Gasteiger partial charge in [0.15, 0.2) is 12.6 Å². The van der Waals surface area contributed by atoms with E-state index in [1.165, 1.54) is 31.2 Å². The minimum atomic E-state index is -0.471. The summed E-state index contributed by atoms with van der Waals surface area (Å²) in [6.45, 7) is 7.05. The molecular weight excluding hydrogens is 352 g/mol. The maximum atomic E-state index is 10.8. The van der Waals surface area contributed by atoms with E-state index in [2.05, 4.69) is 31.1 Å². The number of ether oxygens (including phenoxy) is 1. The van der Waals surface area contributed by atoms with Gasteiger partial charge in [-0.05, 0) is 55.7 Å². The molecule has 3 N–H and O–H groups in total. The summed E-state index contributed by atoms with van der Waals surface area (Å²) >= 11 is 0. The third-order valence-corrected chi connectivity index (χ3v) is 5.33. The Morgan fingerprint density at radius 1 is 1.25 bits per heavy atom. The highest BCUT2D eigenvalue weighted by atomic mass is 16.5. The van der Waals surface area contributed by atoms with Crippen molar-refractivity contribution in [3.8, 4) is 5.75 Å². The van der Waals surface area contributed by atoms with Gasteiger partial charge in [-0.3, -0.25) is 9.79 Å². The number of hydrogen-bond donors (Lipinski definition) is 2. The molecule has 0 radical (unpaired) electrons. The molecule has 0 saturated heterocycles. The van der Waals surface area contributed by atoms with E-state index in [1.807, 2.05) is 24.3 Å². The molecule has 0 aromatic heterocycles. The van der Waals surface area contributed by atoms with Crippen LogP contribution >= 0.6 is 0 Å². The predicted octanol–water partition coefficient (Wildman–Crippen LogP) is 2.82. The van der Waals surface area contributed by atoms with E-state index in [4.69, 9.17) is 15.5 Å². The van der Waals surface area contributed by atoms with E-state index < -0.39 is 5.91 Å². The Hall–Kier alpha value is -2.24. The largest absolute Gasteiger partial charge is 0.484 e. The molecule has 0 unspecified atom stereocenters. The van der Waals surface area contributed by atoms with Crippen LogP contribution in [0.3, 0.4) is 0 Å². The zero-order valence-electron chi connectivity index (χ0n) is 17.6. The zero-order valence-corrected chi connectivity index (χ0v) is 17.6. The third-order valence-electron chi connectivity index (χ3n) is 5.33. The van der Waals surface area contributed by atoms with Gasteiger partial charge in [0.2, 0.25) is 0 Å². The van der Waals surface area contributed by atoms with Crippen LogP contribution in [0.2, 0.25) is 0 Å². The summed E-state index contributed by atoms with van der Waals surface area (Å²) in [6.07, 6.45) is 6.22. The van der Waals surface area contributed by atoms with Crippen molar-refractivity contribution >= 4 is 11.9 Å². The van der Waals surface area contributed by atoms with Gasteiger partial charge in [0.1, 0.15) is 5.75 Å². The number of primary amides is 1. The Balaban J connectivity index is 1.83. The molecule has 1 amide bonds. The minimum absolute atomic E-state index is 0.0953. The summed E-state index contributed by atoms with van der Waals surface area (Å²) in [5.74, 6) is 2.83. The molecule has 0 aliphatic heterocycles. The van der Waals surface area contributed by atoms with Gasteiger partial charge in [0.25, 0.3) is 5.91 Å². The average Bonchev–Trinajstić information content (AvgIpc) is 2.68. The van der Waals surface area contributed by atoms with E-state index in [0.717, 1.165) is 43.9 Å². The van der Waals surface area contributed by atoms with Crippen molar-refractivity contribution in [1.82, 2.24) is 10.2 Å². The van der Waals surface area contributed by atoms with Gasteiger partial charge in [0.05, 0.1) is 0 Å². The lowest BCUT2D eigenvalue weighted by Crippen LogP contribution is -2.42. The van der Waals surface area contributed by atoms with Gasteiger partial charge >= 0.3 is 0 Å². The number of nitrogens with one attached hydrogen (secondary N) is 1. The van der Waals surface area contributed by atoms with E-state index in [9.17, 15) is 4.79 Å².